The molecule has 10 rings (SSSR count). The van der Waals surface area contributed by atoms with Crippen molar-refractivity contribution in [3.8, 4) is 44.8 Å². The molecule has 4 N–H and O–H groups in total. The van der Waals surface area contributed by atoms with Gasteiger partial charge < -0.3 is 30.4 Å². The molecule has 0 radical (unpaired) electrons. The molecule has 17 heteroatoms. The molecule has 0 saturated carbocycles. The number of hydrogen-bond donors (Lipinski definition) is 4. The topological polar surface area (TPSA) is 186 Å². The number of aromatic nitrogens is 9. The molecule has 2 fully saturated rings. The Labute approximate surface area is 403 Å². The maximum absolute atomic E-state index is 11.7. The first-order chi connectivity index (χ1) is 32.4. The first-order valence-electron chi connectivity index (χ1n) is 23.2. The van der Waals surface area contributed by atoms with Crippen LogP contribution in [0.5, 0.6) is 0 Å². The second-order valence-electron chi connectivity index (χ2n) is 20.8. The van der Waals surface area contributed by atoms with E-state index < -0.39 is 0 Å². The molecule has 2 aromatic carbocycles. The molecule has 2 atom stereocenters. The van der Waals surface area contributed by atoms with Crippen LogP contribution in [0.1, 0.15) is 80.6 Å². The Balaban J connectivity index is 0.894. The Hall–Kier alpha value is -6.27. The van der Waals surface area contributed by atoms with Crippen molar-refractivity contribution < 1.29 is 0 Å². The van der Waals surface area contributed by atoms with Crippen LogP contribution in [0.15, 0.2) is 99.9 Å². The summed E-state index contributed by atoms with van der Waals surface area (Å²) in [6.45, 7) is 17.0. The highest BCUT2D eigenvalue weighted by molar-refractivity contribution is 7.17. The van der Waals surface area contributed by atoms with Crippen molar-refractivity contribution in [1.29, 1.82) is 0 Å². The van der Waals surface area contributed by atoms with E-state index in [1.54, 1.807) is 47.3 Å². The zero-order chi connectivity index (χ0) is 47.6. The largest absolute Gasteiger partial charge is 0.355 e. The number of nitrogens with one attached hydrogen (secondary N) is 4. The lowest BCUT2D eigenvalue weighted by molar-refractivity contribution is 0.133. The number of benzene rings is 2. The van der Waals surface area contributed by atoms with E-state index in [2.05, 4.69) is 115 Å². The lowest BCUT2D eigenvalue weighted by Crippen LogP contribution is -2.65. The number of pyridine rings is 1. The minimum absolute atomic E-state index is 0.0723. The average molecular weight is 948 g/mol. The van der Waals surface area contributed by atoms with E-state index in [1.165, 1.54) is 0 Å². The summed E-state index contributed by atoms with van der Waals surface area (Å²) < 4.78 is 2.03. The monoisotopic (exact) mass is 947 g/mol. The molecule has 0 amide bonds. The zero-order valence-electron chi connectivity index (χ0n) is 39.7. The lowest BCUT2D eigenvalue weighted by Gasteiger charge is -2.52. The van der Waals surface area contributed by atoms with Gasteiger partial charge in [0.15, 0.2) is 11.6 Å². The molecular weight excluding hydrogens is 891 g/mol. The molecule has 6 aromatic heterocycles. The van der Waals surface area contributed by atoms with Crippen LogP contribution >= 0.6 is 22.7 Å². The predicted octanol–water partition coefficient (Wildman–Crippen LogP) is 8.86. The van der Waals surface area contributed by atoms with Crippen LogP contribution < -0.4 is 31.7 Å². The number of fused-ring (bicyclic) bond motifs is 2. The van der Waals surface area contributed by atoms with Crippen molar-refractivity contribution in [2.24, 2.45) is 0 Å². The summed E-state index contributed by atoms with van der Waals surface area (Å²) in [6.07, 6.45) is 9.69. The van der Waals surface area contributed by atoms with E-state index in [4.69, 9.17) is 30.4 Å². The molecule has 0 aliphatic carbocycles. The van der Waals surface area contributed by atoms with E-state index in [1.807, 2.05) is 41.4 Å². The van der Waals surface area contributed by atoms with Gasteiger partial charge in [0.1, 0.15) is 0 Å². The third-order valence-corrected chi connectivity index (χ3v) is 15.4. The van der Waals surface area contributed by atoms with Gasteiger partial charge in [-0.1, -0.05) is 12.1 Å². The third-order valence-electron chi connectivity index (χ3n) is 13.7. The fourth-order valence-corrected chi connectivity index (χ4v) is 12.9. The van der Waals surface area contributed by atoms with Crippen molar-refractivity contribution in [2.75, 3.05) is 23.4 Å². The van der Waals surface area contributed by atoms with Crippen LogP contribution in [-0.4, -0.2) is 93.1 Å². The first-order valence-corrected chi connectivity index (χ1v) is 24.9. The molecule has 68 heavy (non-hydrogen) atoms. The normalized spacial score (nSPS) is 20.1. The smallest absolute Gasteiger partial charge is 0.344 e. The highest BCUT2D eigenvalue weighted by Crippen LogP contribution is 2.41. The van der Waals surface area contributed by atoms with Crippen LogP contribution in [0, 0.1) is 0 Å². The summed E-state index contributed by atoms with van der Waals surface area (Å²) in [5.74, 6) is 1.69. The maximum atomic E-state index is 11.7. The van der Waals surface area contributed by atoms with Gasteiger partial charge in [0.2, 0.25) is 5.56 Å². The second-order valence-corrected chi connectivity index (χ2v) is 22.5. The van der Waals surface area contributed by atoms with Gasteiger partial charge in [0.25, 0.3) is 0 Å². The van der Waals surface area contributed by atoms with E-state index in [0.717, 1.165) is 115 Å². The summed E-state index contributed by atoms with van der Waals surface area (Å²) >= 11 is 3.12. The fourth-order valence-electron chi connectivity index (χ4n) is 11.2. The quantitative estimate of drug-likeness (QED) is 0.0965. The van der Waals surface area contributed by atoms with Crippen molar-refractivity contribution in [3.63, 3.8) is 0 Å². The summed E-state index contributed by atoms with van der Waals surface area (Å²) in [7, 11) is 2.14. The zero-order valence-corrected chi connectivity index (χ0v) is 41.3. The number of aromatic amines is 2. The highest BCUT2D eigenvalue weighted by atomic mass is 32.1. The van der Waals surface area contributed by atoms with Crippen LogP contribution in [0.25, 0.3) is 65.2 Å². The minimum Gasteiger partial charge on any atom is -0.355 e. The fraction of sp³-hybridized carbons (Fsp3) is 0.392. The van der Waals surface area contributed by atoms with E-state index in [9.17, 15) is 9.59 Å². The average Bonchev–Trinajstić information content (AvgIpc) is 3.99. The van der Waals surface area contributed by atoms with Crippen LogP contribution in [0.4, 0.5) is 11.6 Å². The van der Waals surface area contributed by atoms with Crippen LogP contribution in [-0.2, 0) is 0 Å². The molecule has 2 unspecified atom stereocenters. The van der Waals surface area contributed by atoms with Crippen molar-refractivity contribution in [3.05, 3.63) is 111 Å². The molecular formula is C51H57N13O2S2. The first kappa shape index (κ1) is 45.5. The summed E-state index contributed by atoms with van der Waals surface area (Å²) in [4.78, 5) is 47.1. The van der Waals surface area contributed by atoms with Crippen LogP contribution in [0.2, 0.25) is 0 Å². The van der Waals surface area contributed by atoms with Gasteiger partial charge in [-0.25, -0.2) is 19.7 Å². The number of H-pyrrole nitrogens is 2. The Morgan fingerprint density at radius 1 is 0.588 bits per heavy atom. The SMILES string of the molecule is CN(c1ccc(-c2ccc(-c3ccc(=O)[nH]c3)c3scnc23)nn1)C1CC(C)(C)NC(C)(CCN(c2ccc(-c3ccc(-c4cnc(=O)[nH]c4)c4scnc34)nn2)C2CC(C)(C)NC(C)(C)C2)C1. The number of hydrogen-bond acceptors (Lipinski definition) is 15. The number of rotatable bonds is 11. The van der Waals surface area contributed by atoms with Gasteiger partial charge in [-0.2, -0.15) is 0 Å². The van der Waals surface area contributed by atoms with Gasteiger partial charge in [0, 0.05) is 100 Å². The molecule has 0 bridgehead atoms. The number of piperidine rings is 2. The Kier molecular flexibility index (Phi) is 11.6. The Morgan fingerprint density at radius 2 is 1.15 bits per heavy atom. The number of nitrogens with zero attached hydrogens (tertiary/aromatic N) is 9. The molecule has 8 heterocycles. The lowest BCUT2D eigenvalue weighted by atomic mass is 9.76. The summed E-state index contributed by atoms with van der Waals surface area (Å²) in [5.41, 5.74) is 11.5. The number of anilines is 2. The van der Waals surface area contributed by atoms with Crippen molar-refractivity contribution in [1.82, 2.24) is 55.9 Å². The third kappa shape index (κ3) is 9.19. The molecule has 2 aliphatic heterocycles. The van der Waals surface area contributed by atoms with Gasteiger partial charge in [0.05, 0.1) is 42.8 Å². The second kappa shape index (κ2) is 17.4. The van der Waals surface area contributed by atoms with Gasteiger partial charge in [-0.15, -0.1) is 43.1 Å². The van der Waals surface area contributed by atoms with Gasteiger partial charge in [-0.3, -0.25) is 4.79 Å². The molecule has 0 spiro atoms. The molecule has 15 nitrogen and oxygen atoms in total. The van der Waals surface area contributed by atoms with Crippen molar-refractivity contribution in [2.45, 2.75) is 115 Å². The molecule has 8 aromatic rings. The van der Waals surface area contributed by atoms with E-state index >= 15 is 0 Å². The van der Waals surface area contributed by atoms with E-state index in [-0.39, 0.29) is 45.5 Å². The summed E-state index contributed by atoms with van der Waals surface area (Å²) in [6, 6.07) is 20.3. The Bertz CT molecular complexity index is 3190. The molecule has 2 saturated heterocycles. The summed E-state index contributed by atoms with van der Waals surface area (Å²) in [5, 5.41) is 27.4. The van der Waals surface area contributed by atoms with Gasteiger partial charge in [-0.05, 0) is 129 Å². The molecule has 350 valence electrons. The Morgan fingerprint density at radius 3 is 1.71 bits per heavy atom. The minimum atomic E-state index is -0.381. The van der Waals surface area contributed by atoms with Gasteiger partial charge >= 0.3 is 5.69 Å². The predicted molar refractivity (Wildman–Crippen MR) is 275 cm³/mol. The highest BCUT2D eigenvalue weighted by Gasteiger charge is 2.44. The van der Waals surface area contributed by atoms with E-state index in [0.29, 0.717) is 0 Å². The molecule has 2 aliphatic rings. The number of thiazole rings is 2. The maximum Gasteiger partial charge on any atom is 0.344 e. The standard InChI is InChI=1S/C51H57N13O2S2/c1-48(2)22-33(23-49(3,4)61-48)64(41-17-15-39(58-60-41)37-13-11-35(46-44(37)56-29-68-46)31-26-53-47(66)54-27-31)20-19-51(7)24-32(21-50(5,6)62-51)63(8)40-16-14-38(57-59-40)36-12-10-34(45-43(36)55-28-67-45)30-9-18-42(65)52-25-30/h9-18,25-29,32-33,61-62H,19-24H2,1-8H3,(H,52,65)(H,53,54,66). The van der Waals surface area contributed by atoms with Crippen LogP contribution in [0.3, 0.4) is 0 Å². The van der Waals surface area contributed by atoms with Crippen molar-refractivity contribution >= 4 is 54.7 Å².